The van der Waals surface area contributed by atoms with Crippen molar-refractivity contribution in [2.75, 3.05) is 43.5 Å². The van der Waals surface area contributed by atoms with Gasteiger partial charge in [0, 0.05) is 50.2 Å². The minimum atomic E-state index is 0.706. The predicted octanol–water partition coefficient (Wildman–Crippen LogP) is 2.05. The summed E-state index contributed by atoms with van der Waals surface area (Å²) in [6.07, 6.45) is 1.92. The minimum absolute atomic E-state index is 0.706. The van der Waals surface area contributed by atoms with Crippen LogP contribution in [0, 0.1) is 0 Å². The first-order chi connectivity index (χ1) is 8.86. The van der Waals surface area contributed by atoms with E-state index in [0.29, 0.717) is 5.88 Å². The second-order valence-electron chi connectivity index (χ2n) is 4.37. The number of hydrogen-bond donors (Lipinski definition) is 0. The molecule has 4 nitrogen and oxygen atoms in total. The van der Waals surface area contributed by atoms with E-state index in [2.05, 4.69) is 31.2 Å². The number of nitrogens with zero attached hydrogens (tertiary/aromatic N) is 4. The lowest BCUT2D eigenvalue weighted by Crippen LogP contribution is -2.47. The maximum Gasteiger partial charge on any atom is 0.226 e. The van der Waals surface area contributed by atoms with Crippen LogP contribution >= 0.6 is 22.9 Å². The highest BCUT2D eigenvalue weighted by molar-refractivity contribution is 7.16. The number of thiophene rings is 1. The SMILES string of the molecule is ClCCN1CCN(c2ncc3ccsc3n2)CC1. The van der Waals surface area contributed by atoms with E-state index in [9.17, 15) is 0 Å². The molecule has 96 valence electrons. The van der Waals surface area contributed by atoms with Crippen molar-refractivity contribution >= 4 is 39.1 Å². The maximum atomic E-state index is 5.76. The third-order valence-corrected chi connectivity index (χ3v) is 4.24. The normalized spacial score (nSPS) is 17.5. The topological polar surface area (TPSA) is 32.3 Å². The molecule has 0 atom stereocenters. The van der Waals surface area contributed by atoms with Crippen LogP contribution in [0.1, 0.15) is 0 Å². The maximum absolute atomic E-state index is 5.76. The molecule has 1 aliphatic rings. The molecule has 6 heteroatoms. The summed E-state index contributed by atoms with van der Waals surface area (Å²) in [5.74, 6) is 1.56. The molecule has 0 spiro atoms. The molecule has 1 saturated heterocycles. The first-order valence-corrected chi connectivity index (χ1v) is 7.52. The van der Waals surface area contributed by atoms with Crippen LogP contribution in [0.5, 0.6) is 0 Å². The fourth-order valence-corrected chi connectivity index (χ4v) is 3.16. The number of aromatic nitrogens is 2. The largest absolute Gasteiger partial charge is 0.338 e. The third kappa shape index (κ3) is 2.43. The Balaban J connectivity index is 1.71. The number of fused-ring (bicyclic) bond motifs is 1. The van der Waals surface area contributed by atoms with Gasteiger partial charge in [0.25, 0.3) is 0 Å². The van der Waals surface area contributed by atoms with Gasteiger partial charge >= 0.3 is 0 Å². The summed E-state index contributed by atoms with van der Waals surface area (Å²) in [7, 11) is 0. The molecule has 0 saturated carbocycles. The predicted molar refractivity (Wildman–Crippen MR) is 76.8 cm³/mol. The van der Waals surface area contributed by atoms with Crippen LogP contribution < -0.4 is 4.90 Å². The van der Waals surface area contributed by atoms with Gasteiger partial charge in [0.1, 0.15) is 4.83 Å². The van der Waals surface area contributed by atoms with Crippen LogP contribution in [-0.2, 0) is 0 Å². The standard InChI is InChI=1S/C12H15ClN4S/c13-2-3-16-4-6-17(7-5-16)12-14-9-10-1-8-18-11(10)15-12/h1,8-9H,2-7H2. The molecule has 2 aromatic rings. The summed E-state index contributed by atoms with van der Waals surface area (Å²) in [4.78, 5) is 14.8. The molecule has 3 heterocycles. The summed E-state index contributed by atoms with van der Waals surface area (Å²) >= 11 is 7.43. The smallest absolute Gasteiger partial charge is 0.226 e. The Morgan fingerprint density at radius 1 is 1.28 bits per heavy atom. The van der Waals surface area contributed by atoms with Gasteiger partial charge < -0.3 is 4.90 Å². The molecule has 18 heavy (non-hydrogen) atoms. The summed E-state index contributed by atoms with van der Waals surface area (Å²) in [6.45, 7) is 5.01. The van der Waals surface area contributed by atoms with Crippen LogP contribution in [0.15, 0.2) is 17.6 Å². The lowest BCUT2D eigenvalue weighted by molar-refractivity contribution is 0.271. The average molecular weight is 283 g/mol. The van der Waals surface area contributed by atoms with E-state index >= 15 is 0 Å². The van der Waals surface area contributed by atoms with Crippen LogP contribution in [0.25, 0.3) is 10.2 Å². The summed E-state index contributed by atoms with van der Waals surface area (Å²) < 4.78 is 0. The van der Waals surface area contributed by atoms with Gasteiger partial charge in [-0.25, -0.2) is 9.97 Å². The van der Waals surface area contributed by atoms with E-state index in [1.165, 1.54) is 0 Å². The molecule has 3 rings (SSSR count). The van der Waals surface area contributed by atoms with E-state index < -0.39 is 0 Å². The van der Waals surface area contributed by atoms with Gasteiger partial charge in [-0.05, 0) is 11.4 Å². The van der Waals surface area contributed by atoms with Crippen molar-refractivity contribution in [1.29, 1.82) is 0 Å². The number of piperazine rings is 1. The first kappa shape index (κ1) is 12.1. The Morgan fingerprint density at radius 2 is 2.11 bits per heavy atom. The van der Waals surface area contributed by atoms with E-state index in [1.807, 2.05) is 6.20 Å². The molecule has 0 radical (unpaired) electrons. The molecule has 0 bridgehead atoms. The minimum Gasteiger partial charge on any atom is -0.338 e. The molecule has 0 amide bonds. The van der Waals surface area contributed by atoms with Crippen molar-refractivity contribution in [3.63, 3.8) is 0 Å². The zero-order valence-electron chi connectivity index (χ0n) is 10.0. The van der Waals surface area contributed by atoms with Crippen molar-refractivity contribution in [3.8, 4) is 0 Å². The fraction of sp³-hybridized carbons (Fsp3) is 0.500. The molecule has 0 N–H and O–H groups in total. The van der Waals surface area contributed by atoms with Gasteiger partial charge in [-0.15, -0.1) is 22.9 Å². The lowest BCUT2D eigenvalue weighted by Gasteiger charge is -2.34. The van der Waals surface area contributed by atoms with Crippen LogP contribution in [0.4, 0.5) is 5.95 Å². The van der Waals surface area contributed by atoms with Crippen molar-refractivity contribution in [3.05, 3.63) is 17.6 Å². The van der Waals surface area contributed by atoms with Crippen LogP contribution in [0.3, 0.4) is 0 Å². The number of halogens is 1. The summed E-state index contributed by atoms with van der Waals surface area (Å²) in [5.41, 5.74) is 0. The molecular weight excluding hydrogens is 268 g/mol. The zero-order valence-corrected chi connectivity index (χ0v) is 11.6. The molecule has 1 aliphatic heterocycles. The Hall–Kier alpha value is -0.910. The van der Waals surface area contributed by atoms with Crippen LogP contribution in [0.2, 0.25) is 0 Å². The molecule has 2 aromatic heterocycles. The van der Waals surface area contributed by atoms with Gasteiger partial charge in [-0.3, -0.25) is 4.90 Å². The van der Waals surface area contributed by atoms with Crippen LogP contribution in [-0.4, -0.2) is 53.5 Å². The number of anilines is 1. The van der Waals surface area contributed by atoms with Gasteiger partial charge in [0.05, 0.1) is 0 Å². The van der Waals surface area contributed by atoms with Gasteiger partial charge in [-0.1, -0.05) is 0 Å². The Morgan fingerprint density at radius 3 is 2.89 bits per heavy atom. The molecule has 0 aliphatic carbocycles. The van der Waals surface area contributed by atoms with Crippen molar-refractivity contribution in [2.45, 2.75) is 0 Å². The van der Waals surface area contributed by atoms with Gasteiger partial charge in [0.2, 0.25) is 5.95 Å². The second-order valence-corrected chi connectivity index (χ2v) is 5.64. The van der Waals surface area contributed by atoms with E-state index in [4.69, 9.17) is 11.6 Å². The molecular formula is C12H15ClN4S. The Labute approximate surface area is 115 Å². The van der Waals surface area contributed by atoms with Crippen molar-refractivity contribution in [1.82, 2.24) is 14.9 Å². The van der Waals surface area contributed by atoms with Crippen molar-refractivity contribution < 1.29 is 0 Å². The van der Waals surface area contributed by atoms with E-state index in [1.54, 1.807) is 11.3 Å². The molecule has 1 fully saturated rings. The fourth-order valence-electron chi connectivity index (χ4n) is 2.19. The highest BCUT2D eigenvalue weighted by atomic mass is 35.5. The van der Waals surface area contributed by atoms with Gasteiger partial charge in [0.15, 0.2) is 0 Å². The zero-order chi connectivity index (χ0) is 12.4. The summed E-state index contributed by atoms with van der Waals surface area (Å²) in [5, 5.41) is 3.19. The summed E-state index contributed by atoms with van der Waals surface area (Å²) in [6, 6.07) is 2.06. The molecule has 0 aromatic carbocycles. The second kappa shape index (κ2) is 5.38. The monoisotopic (exact) mass is 282 g/mol. The number of rotatable bonds is 3. The number of hydrogen-bond acceptors (Lipinski definition) is 5. The highest BCUT2D eigenvalue weighted by Crippen LogP contribution is 2.20. The van der Waals surface area contributed by atoms with Gasteiger partial charge in [-0.2, -0.15) is 0 Å². The Kier molecular flexibility index (Phi) is 3.63. The quantitative estimate of drug-likeness (QED) is 0.807. The average Bonchev–Trinajstić information content (AvgIpc) is 2.87. The van der Waals surface area contributed by atoms with E-state index in [0.717, 1.165) is 48.9 Å². The van der Waals surface area contributed by atoms with E-state index in [-0.39, 0.29) is 0 Å². The first-order valence-electron chi connectivity index (χ1n) is 6.10. The van der Waals surface area contributed by atoms with Crippen molar-refractivity contribution in [2.24, 2.45) is 0 Å². The number of alkyl halides is 1. The Bertz CT molecular complexity index is 522. The molecule has 0 unspecified atom stereocenters. The lowest BCUT2D eigenvalue weighted by atomic mass is 10.3. The third-order valence-electron chi connectivity index (χ3n) is 3.25. The highest BCUT2D eigenvalue weighted by Gasteiger charge is 2.18.